The highest BCUT2D eigenvalue weighted by Gasteiger charge is 2.05. The summed E-state index contributed by atoms with van der Waals surface area (Å²) in [5, 5.41) is 0. The van der Waals surface area contributed by atoms with Crippen molar-refractivity contribution in [1.29, 1.82) is 0 Å². The summed E-state index contributed by atoms with van der Waals surface area (Å²) in [6.45, 7) is 6.54. The largest absolute Gasteiger partial charge is 0.308 e. The van der Waals surface area contributed by atoms with Crippen LogP contribution in [0.2, 0.25) is 0 Å². The van der Waals surface area contributed by atoms with Gasteiger partial charge in [0.25, 0.3) is 0 Å². The highest BCUT2D eigenvalue weighted by molar-refractivity contribution is 5.35. The van der Waals surface area contributed by atoms with Gasteiger partial charge in [-0.1, -0.05) is 20.3 Å². The molecule has 0 aromatic carbocycles. The van der Waals surface area contributed by atoms with Crippen LogP contribution in [0.15, 0.2) is 18.3 Å². The number of hydrogen-bond acceptors (Lipinski definition) is 4. The Balaban J connectivity index is 2.51. The Labute approximate surface area is 97.8 Å². The molecule has 3 N–H and O–H groups in total. The van der Waals surface area contributed by atoms with Gasteiger partial charge in [-0.25, -0.2) is 10.8 Å². The molecule has 0 bridgehead atoms. The summed E-state index contributed by atoms with van der Waals surface area (Å²) in [4.78, 5) is 6.41. The predicted octanol–water partition coefficient (Wildman–Crippen LogP) is 1.85. The van der Waals surface area contributed by atoms with Crippen molar-refractivity contribution in [2.45, 2.75) is 26.8 Å². The van der Waals surface area contributed by atoms with Crippen LogP contribution >= 0.6 is 0 Å². The van der Waals surface area contributed by atoms with E-state index < -0.39 is 0 Å². The fraction of sp³-hybridized carbons (Fsp3) is 0.583. The first kappa shape index (κ1) is 12.9. The number of pyridine rings is 1. The molecule has 0 spiro atoms. The van der Waals surface area contributed by atoms with Gasteiger partial charge in [0.1, 0.15) is 5.82 Å². The molecule has 0 aliphatic carbocycles. The van der Waals surface area contributed by atoms with Crippen LogP contribution in [-0.4, -0.2) is 23.5 Å². The molecule has 0 aliphatic rings. The topological polar surface area (TPSA) is 54.2 Å². The van der Waals surface area contributed by atoms with Gasteiger partial charge in [-0.15, -0.1) is 0 Å². The SMILES string of the molecule is CCC(C)CN(C)Cc1ccnc(NN)c1. The fourth-order valence-electron chi connectivity index (χ4n) is 1.69. The van der Waals surface area contributed by atoms with Gasteiger partial charge in [0.15, 0.2) is 0 Å². The Morgan fingerprint density at radius 1 is 1.56 bits per heavy atom. The van der Waals surface area contributed by atoms with Crippen molar-refractivity contribution in [2.75, 3.05) is 19.0 Å². The average Bonchev–Trinajstić information content (AvgIpc) is 2.28. The lowest BCUT2D eigenvalue weighted by Gasteiger charge is -2.20. The van der Waals surface area contributed by atoms with Crippen molar-refractivity contribution in [3.8, 4) is 0 Å². The summed E-state index contributed by atoms with van der Waals surface area (Å²) >= 11 is 0. The zero-order chi connectivity index (χ0) is 12.0. The maximum absolute atomic E-state index is 5.33. The Morgan fingerprint density at radius 3 is 2.94 bits per heavy atom. The normalized spacial score (nSPS) is 12.8. The molecular weight excluding hydrogens is 200 g/mol. The van der Waals surface area contributed by atoms with Gasteiger partial charge >= 0.3 is 0 Å². The monoisotopic (exact) mass is 222 g/mol. The number of hydrogen-bond donors (Lipinski definition) is 2. The summed E-state index contributed by atoms with van der Waals surface area (Å²) in [5.74, 6) is 6.78. The minimum absolute atomic E-state index is 0.717. The Morgan fingerprint density at radius 2 is 2.31 bits per heavy atom. The van der Waals surface area contributed by atoms with Crippen LogP contribution in [0.4, 0.5) is 5.82 Å². The van der Waals surface area contributed by atoms with Gasteiger partial charge in [0.05, 0.1) is 0 Å². The summed E-state index contributed by atoms with van der Waals surface area (Å²) in [6, 6.07) is 4.00. The molecule has 0 radical (unpaired) electrons. The third kappa shape index (κ3) is 4.16. The zero-order valence-electron chi connectivity index (χ0n) is 10.4. The van der Waals surface area contributed by atoms with E-state index in [-0.39, 0.29) is 0 Å². The highest BCUT2D eigenvalue weighted by Crippen LogP contribution is 2.10. The van der Waals surface area contributed by atoms with Crippen LogP contribution < -0.4 is 11.3 Å². The molecule has 1 aromatic heterocycles. The number of nitrogens with zero attached hydrogens (tertiary/aromatic N) is 2. The van der Waals surface area contributed by atoms with Gasteiger partial charge in [0.2, 0.25) is 0 Å². The number of nitrogen functional groups attached to an aromatic ring is 1. The van der Waals surface area contributed by atoms with Crippen molar-refractivity contribution in [1.82, 2.24) is 9.88 Å². The summed E-state index contributed by atoms with van der Waals surface area (Å²) in [5.41, 5.74) is 3.79. The molecule has 0 aliphatic heterocycles. The van der Waals surface area contributed by atoms with Gasteiger partial charge in [0, 0.05) is 19.3 Å². The number of nitrogens with one attached hydrogen (secondary N) is 1. The highest BCUT2D eigenvalue weighted by atomic mass is 15.2. The second-order valence-electron chi connectivity index (χ2n) is 4.40. The van der Waals surface area contributed by atoms with E-state index in [4.69, 9.17) is 5.84 Å². The third-order valence-corrected chi connectivity index (χ3v) is 2.74. The zero-order valence-corrected chi connectivity index (χ0v) is 10.4. The first-order valence-corrected chi connectivity index (χ1v) is 5.75. The Kier molecular flexibility index (Phi) is 5.22. The van der Waals surface area contributed by atoms with Crippen LogP contribution in [-0.2, 0) is 6.54 Å². The van der Waals surface area contributed by atoms with Gasteiger partial charge < -0.3 is 10.3 Å². The van der Waals surface area contributed by atoms with Crippen LogP contribution in [0.1, 0.15) is 25.8 Å². The predicted molar refractivity (Wildman–Crippen MR) is 67.8 cm³/mol. The van der Waals surface area contributed by atoms with Crippen LogP contribution in [0.25, 0.3) is 0 Å². The summed E-state index contributed by atoms with van der Waals surface area (Å²) < 4.78 is 0. The van der Waals surface area contributed by atoms with E-state index in [1.54, 1.807) is 6.20 Å². The number of rotatable bonds is 6. The third-order valence-electron chi connectivity index (χ3n) is 2.74. The van der Waals surface area contributed by atoms with E-state index in [9.17, 15) is 0 Å². The summed E-state index contributed by atoms with van der Waals surface area (Å²) in [7, 11) is 2.14. The minimum Gasteiger partial charge on any atom is -0.308 e. The standard InChI is InChI=1S/C12H22N4/c1-4-10(2)8-16(3)9-11-5-6-14-12(7-11)15-13/h5-7,10H,4,8-9,13H2,1-3H3,(H,14,15). The lowest BCUT2D eigenvalue weighted by atomic mass is 10.1. The van der Waals surface area contributed by atoms with Crippen molar-refractivity contribution in [2.24, 2.45) is 11.8 Å². The van der Waals surface area contributed by atoms with Crippen LogP contribution in [0.3, 0.4) is 0 Å². The van der Waals surface area contributed by atoms with Gasteiger partial charge in [-0.2, -0.15) is 0 Å². The lowest BCUT2D eigenvalue weighted by molar-refractivity contribution is 0.275. The maximum Gasteiger partial charge on any atom is 0.140 e. The Hall–Kier alpha value is -1.13. The lowest BCUT2D eigenvalue weighted by Crippen LogP contribution is -2.23. The molecule has 0 fully saturated rings. The van der Waals surface area contributed by atoms with E-state index in [1.165, 1.54) is 12.0 Å². The number of anilines is 1. The van der Waals surface area contributed by atoms with Gasteiger partial charge in [-0.3, -0.25) is 0 Å². The fourth-order valence-corrected chi connectivity index (χ4v) is 1.69. The molecule has 16 heavy (non-hydrogen) atoms. The quantitative estimate of drug-likeness (QED) is 0.569. The molecule has 0 amide bonds. The molecule has 1 unspecified atom stereocenters. The molecule has 1 aromatic rings. The molecule has 4 heteroatoms. The van der Waals surface area contributed by atoms with Gasteiger partial charge in [-0.05, 0) is 30.7 Å². The molecule has 0 saturated heterocycles. The maximum atomic E-state index is 5.33. The number of nitrogens with two attached hydrogens (primary N) is 1. The molecule has 90 valence electrons. The smallest absolute Gasteiger partial charge is 0.140 e. The molecule has 1 rings (SSSR count). The van der Waals surface area contributed by atoms with E-state index in [0.29, 0.717) is 0 Å². The number of hydrazine groups is 1. The second kappa shape index (κ2) is 6.45. The molecule has 1 atom stereocenters. The van der Waals surface area contributed by atoms with Crippen molar-refractivity contribution in [3.63, 3.8) is 0 Å². The molecule has 4 nitrogen and oxygen atoms in total. The van der Waals surface area contributed by atoms with E-state index in [0.717, 1.165) is 24.8 Å². The van der Waals surface area contributed by atoms with Crippen LogP contribution in [0, 0.1) is 5.92 Å². The molecule has 0 saturated carbocycles. The molecular formula is C12H22N4. The van der Waals surface area contributed by atoms with E-state index in [2.05, 4.69) is 36.2 Å². The first-order valence-electron chi connectivity index (χ1n) is 5.75. The minimum atomic E-state index is 0.717. The van der Waals surface area contributed by atoms with Crippen molar-refractivity contribution in [3.05, 3.63) is 23.9 Å². The Bertz CT molecular complexity index is 314. The molecule has 1 heterocycles. The van der Waals surface area contributed by atoms with Crippen molar-refractivity contribution < 1.29 is 0 Å². The second-order valence-corrected chi connectivity index (χ2v) is 4.40. The average molecular weight is 222 g/mol. The van der Waals surface area contributed by atoms with E-state index >= 15 is 0 Å². The summed E-state index contributed by atoms with van der Waals surface area (Å²) in [6.07, 6.45) is 3.00. The van der Waals surface area contributed by atoms with E-state index in [1.807, 2.05) is 12.1 Å². The number of aromatic nitrogens is 1. The van der Waals surface area contributed by atoms with Crippen LogP contribution in [0.5, 0.6) is 0 Å². The first-order chi connectivity index (χ1) is 7.65. The van der Waals surface area contributed by atoms with Crippen molar-refractivity contribution >= 4 is 5.82 Å².